The Morgan fingerprint density at radius 1 is 1.35 bits per heavy atom. The number of fused-ring (bicyclic) bond motifs is 1. The Labute approximate surface area is 106 Å². The number of hydrogen-bond acceptors (Lipinski definition) is 1. The van der Waals surface area contributed by atoms with E-state index in [1.54, 1.807) is 4.90 Å². The third kappa shape index (κ3) is 2.37. The van der Waals surface area contributed by atoms with Crippen molar-refractivity contribution in [1.82, 2.24) is 0 Å². The Morgan fingerprint density at radius 3 is 3.12 bits per heavy atom. The standard InChI is InChI=1S/C14H18N2S/c15-12-4-3-7-16(9-12)8-11-10-17-14-6-2-1-5-13(11)14/h1-2,5-6,10,12H,3-4,7-9,15H2/p+2. The number of piperidine rings is 1. The zero-order valence-corrected chi connectivity index (χ0v) is 10.9. The van der Waals surface area contributed by atoms with Crippen molar-refractivity contribution >= 4 is 21.4 Å². The Balaban J connectivity index is 1.80. The van der Waals surface area contributed by atoms with Crippen LogP contribution in [0.1, 0.15) is 18.4 Å². The molecule has 1 saturated heterocycles. The van der Waals surface area contributed by atoms with E-state index in [9.17, 15) is 0 Å². The van der Waals surface area contributed by atoms with Crippen molar-refractivity contribution in [2.45, 2.75) is 25.4 Å². The highest BCUT2D eigenvalue weighted by Crippen LogP contribution is 2.24. The summed E-state index contributed by atoms with van der Waals surface area (Å²) >= 11 is 1.87. The van der Waals surface area contributed by atoms with E-state index in [4.69, 9.17) is 0 Å². The van der Waals surface area contributed by atoms with Gasteiger partial charge in [0.1, 0.15) is 19.1 Å². The van der Waals surface area contributed by atoms with E-state index < -0.39 is 0 Å². The number of nitrogens with one attached hydrogen (secondary N) is 1. The fourth-order valence-corrected chi connectivity index (χ4v) is 3.82. The van der Waals surface area contributed by atoms with Crippen LogP contribution in [0.2, 0.25) is 0 Å². The van der Waals surface area contributed by atoms with Crippen LogP contribution in [0.5, 0.6) is 0 Å². The van der Waals surface area contributed by atoms with Crippen LogP contribution in [0.3, 0.4) is 0 Å². The summed E-state index contributed by atoms with van der Waals surface area (Å²) in [4.78, 5) is 1.71. The number of benzene rings is 1. The summed E-state index contributed by atoms with van der Waals surface area (Å²) in [7, 11) is 0. The van der Waals surface area contributed by atoms with E-state index in [1.165, 1.54) is 48.1 Å². The first kappa shape index (κ1) is 11.2. The average molecular weight is 248 g/mol. The molecule has 90 valence electrons. The topological polar surface area (TPSA) is 32.1 Å². The lowest BCUT2D eigenvalue weighted by Crippen LogP contribution is -3.14. The van der Waals surface area contributed by atoms with Crippen molar-refractivity contribution in [3.8, 4) is 0 Å². The van der Waals surface area contributed by atoms with Gasteiger partial charge in [-0.2, -0.15) is 0 Å². The second-order valence-electron chi connectivity index (χ2n) is 5.15. The monoisotopic (exact) mass is 248 g/mol. The molecule has 17 heavy (non-hydrogen) atoms. The van der Waals surface area contributed by atoms with Crippen LogP contribution in [0, 0.1) is 0 Å². The first-order valence-electron chi connectivity index (χ1n) is 6.44. The molecule has 3 heteroatoms. The van der Waals surface area contributed by atoms with Gasteiger partial charge in [-0.3, -0.25) is 0 Å². The quantitative estimate of drug-likeness (QED) is 0.784. The van der Waals surface area contributed by atoms with Crippen LogP contribution in [0.25, 0.3) is 10.1 Å². The molecule has 0 bridgehead atoms. The molecular weight excluding hydrogens is 228 g/mol. The van der Waals surface area contributed by atoms with Gasteiger partial charge in [0.15, 0.2) is 0 Å². The molecule has 2 atom stereocenters. The molecule has 1 aromatic heterocycles. The Kier molecular flexibility index (Phi) is 3.14. The summed E-state index contributed by atoms with van der Waals surface area (Å²) in [5.74, 6) is 0. The second kappa shape index (κ2) is 4.77. The minimum atomic E-state index is 0.656. The minimum Gasteiger partial charge on any atom is -0.350 e. The number of thiophene rings is 1. The SMILES string of the molecule is [NH3+]C1CCC[NH+](Cc2csc3ccccc23)C1. The fraction of sp³-hybridized carbons (Fsp3) is 0.429. The highest BCUT2D eigenvalue weighted by atomic mass is 32.1. The summed E-state index contributed by atoms with van der Waals surface area (Å²) in [6, 6.07) is 9.41. The zero-order chi connectivity index (χ0) is 11.7. The molecule has 2 unspecified atom stereocenters. The second-order valence-corrected chi connectivity index (χ2v) is 6.06. The van der Waals surface area contributed by atoms with Crippen molar-refractivity contribution in [3.63, 3.8) is 0 Å². The van der Waals surface area contributed by atoms with E-state index in [0.29, 0.717) is 6.04 Å². The molecule has 3 rings (SSSR count). The maximum absolute atomic E-state index is 4.22. The van der Waals surface area contributed by atoms with Gasteiger partial charge in [-0.15, -0.1) is 11.3 Å². The average Bonchev–Trinajstić information content (AvgIpc) is 2.73. The van der Waals surface area contributed by atoms with Crippen LogP contribution >= 0.6 is 11.3 Å². The minimum absolute atomic E-state index is 0.656. The molecule has 2 nitrogen and oxygen atoms in total. The maximum atomic E-state index is 4.22. The number of likely N-dealkylation sites (tertiary alicyclic amines) is 1. The van der Waals surface area contributed by atoms with E-state index >= 15 is 0 Å². The van der Waals surface area contributed by atoms with Gasteiger partial charge in [-0.25, -0.2) is 0 Å². The molecule has 1 fully saturated rings. The number of rotatable bonds is 2. The first-order valence-corrected chi connectivity index (χ1v) is 7.32. The predicted molar refractivity (Wildman–Crippen MR) is 72.1 cm³/mol. The summed E-state index contributed by atoms with van der Waals surface area (Å²) in [6.45, 7) is 3.73. The van der Waals surface area contributed by atoms with Crippen molar-refractivity contribution in [2.75, 3.05) is 13.1 Å². The summed E-state index contributed by atoms with van der Waals surface area (Å²) < 4.78 is 1.42. The molecule has 1 aliphatic rings. The van der Waals surface area contributed by atoms with Gasteiger partial charge in [0.25, 0.3) is 0 Å². The zero-order valence-electron chi connectivity index (χ0n) is 10.1. The van der Waals surface area contributed by atoms with Crippen LogP contribution in [0.15, 0.2) is 29.6 Å². The number of hydrogen-bond donors (Lipinski definition) is 2. The first-order chi connectivity index (χ1) is 8.33. The Hall–Kier alpha value is -0.900. The molecule has 0 saturated carbocycles. The van der Waals surface area contributed by atoms with Gasteiger partial charge in [-0.05, 0) is 6.07 Å². The molecule has 0 radical (unpaired) electrons. The molecule has 2 aromatic rings. The fourth-order valence-electron chi connectivity index (χ4n) is 2.85. The maximum Gasteiger partial charge on any atom is 0.134 e. The number of quaternary nitrogens is 2. The summed E-state index contributed by atoms with van der Waals surface area (Å²) in [6.07, 6.45) is 2.65. The lowest BCUT2D eigenvalue weighted by Gasteiger charge is -2.25. The third-order valence-corrected chi connectivity index (χ3v) is 4.73. The molecule has 4 N–H and O–H groups in total. The van der Waals surface area contributed by atoms with Crippen LogP contribution < -0.4 is 10.6 Å². The van der Waals surface area contributed by atoms with Gasteiger partial charge in [0.05, 0.1) is 6.54 Å². The molecule has 0 aliphatic carbocycles. The highest BCUT2D eigenvalue weighted by molar-refractivity contribution is 7.17. The van der Waals surface area contributed by atoms with Crippen LogP contribution in [0.4, 0.5) is 0 Å². The highest BCUT2D eigenvalue weighted by Gasteiger charge is 2.23. The van der Waals surface area contributed by atoms with Gasteiger partial charge in [0, 0.05) is 33.9 Å². The third-order valence-electron chi connectivity index (χ3n) is 3.72. The van der Waals surface area contributed by atoms with Gasteiger partial charge in [-0.1, -0.05) is 18.2 Å². The van der Waals surface area contributed by atoms with E-state index in [1.807, 2.05) is 11.3 Å². The van der Waals surface area contributed by atoms with Gasteiger partial charge >= 0.3 is 0 Å². The molecular formula is C14H20N2S+2. The molecule has 0 amide bonds. The molecule has 1 aliphatic heterocycles. The van der Waals surface area contributed by atoms with E-state index in [0.717, 1.165) is 0 Å². The van der Waals surface area contributed by atoms with Crippen LogP contribution in [-0.4, -0.2) is 19.1 Å². The summed E-state index contributed by atoms with van der Waals surface area (Å²) in [5, 5.41) is 3.79. The van der Waals surface area contributed by atoms with Crippen molar-refractivity contribution < 1.29 is 10.6 Å². The Bertz CT molecular complexity index is 506. The van der Waals surface area contributed by atoms with Crippen molar-refractivity contribution in [3.05, 3.63) is 35.2 Å². The lowest BCUT2D eigenvalue weighted by atomic mass is 10.1. The van der Waals surface area contributed by atoms with Gasteiger partial charge < -0.3 is 10.6 Å². The van der Waals surface area contributed by atoms with Crippen molar-refractivity contribution in [1.29, 1.82) is 0 Å². The predicted octanol–water partition coefficient (Wildman–Crippen LogP) is 0.691. The van der Waals surface area contributed by atoms with E-state index in [-0.39, 0.29) is 0 Å². The van der Waals surface area contributed by atoms with Gasteiger partial charge in [0.2, 0.25) is 0 Å². The summed E-state index contributed by atoms with van der Waals surface area (Å²) in [5.41, 5.74) is 5.74. The molecule has 2 heterocycles. The molecule has 0 spiro atoms. The largest absolute Gasteiger partial charge is 0.350 e. The lowest BCUT2D eigenvalue weighted by molar-refractivity contribution is -0.928. The van der Waals surface area contributed by atoms with Crippen LogP contribution in [-0.2, 0) is 6.54 Å². The van der Waals surface area contributed by atoms with Crippen molar-refractivity contribution in [2.24, 2.45) is 0 Å². The Morgan fingerprint density at radius 2 is 2.24 bits per heavy atom. The molecule has 1 aromatic carbocycles. The normalized spacial score (nSPS) is 25.2. The van der Waals surface area contributed by atoms with E-state index in [2.05, 4.69) is 35.4 Å². The smallest absolute Gasteiger partial charge is 0.134 e.